The number of nitrogens with zero attached hydrogens (tertiary/aromatic N) is 2. The van der Waals surface area contributed by atoms with Crippen molar-refractivity contribution in [3.63, 3.8) is 0 Å². The smallest absolute Gasteiger partial charge is 0.296 e. The van der Waals surface area contributed by atoms with E-state index >= 15 is 0 Å². The minimum absolute atomic E-state index is 0.00920. The number of thiazole rings is 1. The number of amides is 1. The van der Waals surface area contributed by atoms with Crippen molar-refractivity contribution >= 4 is 39.8 Å². The molecule has 3 heterocycles. The quantitative estimate of drug-likeness (QED) is 0.694. The molecule has 1 aliphatic carbocycles. The summed E-state index contributed by atoms with van der Waals surface area (Å²) in [6.45, 7) is 2.07. The maximum Gasteiger partial charge on any atom is 0.296 e. The van der Waals surface area contributed by atoms with Crippen LogP contribution in [0.3, 0.4) is 0 Å². The Morgan fingerprint density at radius 2 is 2.00 bits per heavy atom. The van der Waals surface area contributed by atoms with Gasteiger partial charge in [-0.3, -0.25) is 14.5 Å². The number of ketones is 1. The Labute approximate surface area is 172 Å². The Balaban J connectivity index is 1.63. The number of halogens is 1. The fourth-order valence-electron chi connectivity index (χ4n) is 4.50. The molecule has 2 aliphatic heterocycles. The number of carbonyl (C=O) groups is 2. The number of aromatic nitrogens is 1. The van der Waals surface area contributed by atoms with Gasteiger partial charge in [0.25, 0.3) is 5.91 Å². The van der Waals surface area contributed by atoms with Crippen LogP contribution in [-0.2, 0) is 14.3 Å². The summed E-state index contributed by atoms with van der Waals surface area (Å²) >= 11 is 7.85. The molecular formula is C21H19ClN2O3S. The highest BCUT2D eigenvalue weighted by Gasteiger charge is 2.54. The molecule has 5 nitrogen and oxygen atoms in total. The third kappa shape index (κ3) is 2.62. The SMILES string of the molecule is CC1CC2OC3=C(C(=O)C2CC1Cl)C(c1ccccc1)N(c1nccs1)C3=O. The summed E-state index contributed by atoms with van der Waals surface area (Å²) in [4.78, 5) is 32.8. The Bertz CT molecular complexity index is 959. The van der Waals surface area contributed by atoms with Crippen molar-refractivity contribution in [2.45, 2.75) is 37.3 Å². The van der Waals surface area contributed by atoms with Gasteiger partial charge in [-0.15, -0.1) is 22.9 Å². The second-order valence-corrected chi connectivity index (χ2v) is 9.07. The Hall–Kier alpha value is -2.18. The average Bonchev–Trinajstić information content (AvgIpc) is 3.31. The minimum atomic E-state index is -0.517. The van der Waals surface area contributed by atoms with E-state index in [1.165, 1.54) is 11.3 Å². The van der Waals surface area contributed by atoms with Gasteiger partial charge in [0.2, 0.25) is 0 Å². The van der Waals surface area contributed by atoms with E-state index in [1.54, 1.807) is 11.1 Å². The zero-order chi connectivity index (χ0) is 19.4. The Morgan fingerprint density at radius 1 is 1.21 bits per heavy atom. The highest BCUT2D eigenvalue weighted by molar-refractivity contribution is 7.13. The zero-order valence-corrected chi connectivity index (χ0v) is 16.8. The number of fused-ring (bicyclic) bond motifs is 1. The van der Waals surface area contributed by atoms with Crippen LogP contribution >= 0.6 is 22.9 Å². The Kier molecular flexibility index (Phi) is 4.29. The number of benzene rings is 1. The van der Waals surface area contributed by atoms with Gasteiger partial charge in [0.05, 0.1) is 17.5 Å². The number of carbonyl (C=O) groups excluding carboxylic acids is 2. The molecule has 1 saturated carbocycles. The van der Waals surface area contributed by atoms with Gasteiger partial charge in [0.15, 0.2) is 16.7 Å². The first kappa shape index (κ1) is 17.9. The summed E-state index contributed by atoms with van der Waals surface area (Å²) in [5, 5.41) is 2.33. The van der Waals surface area contributed by atoms with Crippen molar-refractivity contribution in [1.29, 1.82) is 0 Å². The lowest BCUT2D eigenvalue weighted by molar-refractivity contribution is -0.132. The van der Waals surface area contributed by atoms with Gasteiger partial charge >= 0.3 is 0 Å². The van der Waals surface area contributed by atoms with Crippen molar-refractivity contribution in [1.82, 2.24) is 4.98 Å². The van der Waals surface area contributed by atoms with Crippen LogP contribution in [0.4, 0.5) is 5.13 Å². The van der Waals surface area contributed by atoms with Gasteiger partial charge in [0.1, 0.15) is 6.10 Å². The number of Topliss-reactive ketones (excluding diaryl/α,β-unsaturated/α-hetero) is 1. The lowest BCUT2D eigenvalue weighted by Gasteiger charge is -2.39. The molecule has 1 amide bonds. The van der Waals surface area contributed by atoms with E-state index in [-0.39, 0.29) is 40.8 Å². The highest BCUT2D eigenvalue weighted by Crippen LogP contribution is 2.49. The van der Waals surface area contributed by atoms with Crippen LogP contribution in [0.15, 0.2) is 53.2 Å². The van der Waals surface area contributed by atoms with Crippen molar-refractivity contribution in [2.24, 2.45) is 11.8 Å². The number of hydrogen-bond donors (Lipinski definition) is 0. The summed E-state index contributed by atoms with van der Waals surface area (Å²) in [5.41, 5.74) is 1.32. The van der Waals surface area contributed by atoms with Crippen molar-refractivity contribution in [3.05, 3.63) is 58.8 Å². The molecule has 3 aliphatic rings. The molecule has 1 aromatic carbocycles. The molecular weight excluding hydrogens is 396 g/mol. The molecule has 0 radical (unpaired) electrons. The van der Waals surface area contributed by atoms with Gasteiger partial charge in [-0.1, -0.05) is 37.3 Å². The fourth-order valence-corrected chi connectivity index (χ4v) is 5.46. The van der Waals surface area contributed by atoms with E-state index in [1.807, 2.05) is 35.7 Å². The summed E-state index contributed by atoms with van der Waals surface area (Å²) in [6, 6.07) is 9.08. The average molecular weight is 415 g/mol. The second-order valence-electron chi connectivity index (χ2n) is 7.64. The molecule has 7 heteroatoms. The summed E-state index contributed by atoms with van der Waals surface area (Å²) in [6.07, 6.45) is 2.64. The van der Waals surface area contributed by atoms with Crippen LogP contribution in [0.1, 0.15) is 31.4 Å². The van der Waals surface area contributed by atoms with Crippen molar-refractivity contribution in [2.75, 3.05) is 4.90 Å². The number of rotatable bonds is 2. The van der Waals surface area contributed by atoms with E-state index in [0.29, 0.717) is 23.5 Å². The molecule has 2 aromatic rings. The molecule has 0 saturated heterocycles. The van der Waals surface area contributed by atoms with Gasteiger partial charge in [0, 0.05) is 17.0 Å². The van der Waals surface area contributed by atoms with Gasteiger partial charge < -0.3 is 4.74 Å². The monoisotopic (exact) mass is 414 g/mol. The van der Waals surface area contributed by atoms with E-state index < -0.39 is 6.04 Å². The van der Waals surface area contributed by atoms with E-state index in [2.05, 4.69) is 11.9 Å². The molecule has 1 aromatic heterocycles. The maximum atomic E-state index is 13.5. The summed E-state index contributed by atoms with van der Waals surface area (Å²) < 4.78 is 6.18. The molecule has 5 unspecified atom stereocenters. The molecule has 144 valence electrons. The fraction of sp³-hybridized carbons (Fsp3) is 0.381. The molecule has 0 N–H and O–H groups in total. The van der Waals surface area contributed by atoms with Crippen molar-refractivity contribution < 1.29 is 14.3 Å². The van der Waals surface area contributed by atoms with Crippen LogP contribution in [0, 0.1) is 11.8 Å². The predicted octanol–water partition coefficient (Wildman–Crippen LogP) is 4.11. The van der Waals surface area contributed by atoms with Crippen LogP contribution < -0.4 is 4.90 Å². The number of alkyl halides is 1. The van der Waals surface area contributed by atoms with E-state index in [0.717, 1.165) is 5.56 Å². The predicted molar refractivity (Wildman–Crippen MR) is 107 cm³/mol. The molecule has 0 spiro atoms. The van der Waals surface area contributed by atoms with Crippen LogP contribution in [-0.4, -0.2) is 28.2 Å². The molecule has 5 atom stereocenters. The minimum Gasteiger partial charge on any atom is -0.483 e. The topological polar surface area (TPSA) is 59.5 Å². The molecule has 0 bridgehead atoms. The maximum absolute atomic E-state index is 13.5. The van der Waals surface area contributed by atoms with Crippen LogP contribution in [0.5, 0.6) is 0 Å². The number of ether oxygens (including phenoxy) is 1. The normalized spacial score (nSPS) is 32.2. The summed E-state index contributed by atoms with van der Waals surface area (Å²) in [7, 11) is 0. The molecule has 5 rings (SSSR count). The van der Waals surface area contributed by atoms with Gasteiger partial charge in [-0.25, -0.2) is 4.98 Å². The first-order chi connectivity index (χ1) is 13.6. The summed E-state index contributed by atoms with van der Waals surface area (Å²) in [5.74, 6) is -0.158. The first-order valence-electron chi connectivity index (χ1n) is 9.43. The number of anilines is 1. The number of hydrogen-bond acceptors (Lipinski definition) is 5. The largest absolute Gasteiger partial charge is 0.483 e. The third-order valence-corrected chi connectivity index (χ3v) is 7.33. The molecule has 28 heavy (non-hydrogen) atoms. The van der Waals surface area contributed by atoms with Gasteiger partial charge in [-0.05, 0) is 24.3 Å². The second kappa shape index (κ2) is 6.71. The lowest BCUT2D eigenvalue weighted by atomic mass is 9.74. The zero-order valence-electron chi connectivity index (χ0n) is 15.2. The van der Waals surface area contributed by atoms with Crippen molar-refractivity contribution in [3.8, 4) is 0 Å². The highest BCUT2D eigenvalue weighted by atomic mass is 35.5. The molecule has 1 fully saturated rings. The Morgan fingerprint density at radius 3 is 2.71 bits per heavy atom. The lowest BCUT2D eigenvalue weighted by Crippen LogP contribution is -2.44. The van der Waals surface area contributed by atoms with E-state index in [4.69, 9.17) is 16.3 Å². The van der Waals surface area contributed by atoms with Gasteiger partial charge in [-0.2, -0.15) is 0 Å². The first-order valence-corrected chi connectivity index (χ1v) is 10.7. The van der Waals surface area contributed by atoms with E-state index in [9.17, 15) is 9.59 Å². The van der Waals surface area contributed by atoms with Crippen LogP contribution in [0.25, 0.3) is 0 Å². The van der Waals surface area contributed by atoms with Crippen LogP contribution in [0.2, 0.25) is 0 Å². The standard InChI is InChI=1S/C21H19ClN2O3S/c1-11-9-15-13(10-14(11)22)18(25)16-17(12-5-3-2-4-6-12)24(20(26)19(16)27-15)21-23-7-8-28-21/h2-8,11,13-15,17H,9-10H2,1H3. The third-order valence-electron chi connectivity index (χ3n) is 5.95.